The van der Waals surface area contributed by atoms with Gasteiger partial charge in [-0.15, -0.1) is 0 Å². The highest BCUT2D eigenvalue weighted by molar-refractivity contribution is 5.98. The zero-order valence-corrected chi connectivity index (χ0v) is 34.8. The fourth-order valence-corrected chi connectivity index (χ4v) is 11.2. The summed E-state index contributed by atoms with van der Waals surface area (Å²) in [6.07, 6.45) is 0. The lowest BCUT2D eigenvalue weighted by Crippen LogP contribution is -2.30. The van der Waals surface area contributed by atoms with Gasteiger partial charge in [-0.1, -0.05) is 237 Å². The molecule has 0 amide bonds. The Balaban J connectivity index is 1.19. The molecule has 0 aliphatic heterocycles. The average Bonchev–Trinajstić information content (AvgIpc) is 3.84. The zero-order valence-electron chi connectivity index (χ0n) is 34.8. The van der Waals surface area contributed by atoms with E-state index in [1.807, 2.05) is 0 Å². The molecule has 296 valence electrons. The third kappa shape index (κ3) is 5.43. The minimum Gasteiger partial charge on any atom is -0.309 e. The fraction of sp³-hybridized carbons (Fsp3) is 0.0323. The quantitative estimate of drug-likeness (QED) is 0.148. The van der Waals surface area contributed by atoms with Crippen molar-refractivity contribution in [3.63, 3.8) is 0 Å². The van der Waals surface area contributed by atoms with E-state index in [4.69, 9.17) is 0 Å². The molecule has 1 nitrogen and oxygen atoms in total. The van der Waals surface area contributed by atoms with Gasteiger partial charge in [0.2, 0.25) is 0 Å². The van der Waals surface area contributed by atoms with Crippen LogP contribution in [-0.2, 0) is 10.8 Å². The first kappa shape index (κ1) is 36.8. The van der Waals surface area contributed by atoms with Crippen molar-refractivity contribution in [2.45, 2.75) is 10.8 Å². The van der Waals surface area contributed by atoms with E-state index < -0.39 is 10.8 Å². The van der Waals surface area contributed by atoms with Crippen LogP contribution in [0.2, 0.25) is 0 Å². The van der Waals surface area contributed by atoms with Gasteiger partial charge in [0.05, 0.1) is 22.2 Å². The molecule has 0 atom stereocenters. The molecule has 0 N–H and O–H groups in total. The summed E-state index contributed by atoms with van der Waals surface area (Å²) in [5.74, 6) is 0. The van der Waals surface area contributed by atoms with E-state index in [0.717, 1.165) is 17.1 Å². The molecule has 0 aromatic heterocycles. The van der Waals surface area contributed by atoms with Crippen molar-refractivity contribution >= 4 is 17.1 Å². The van der Waals surface area contributed by atoms with Gasteiger partial charge in [-0.25, -0.2) is 0 Å². The Labute approximate surface area is 369 Å². The summed E-state index contributed by atoms with van der Waals surface area (Å²) in [5.41, 5.74) is 19.8. The maximum Gasteiger partial charge on any atom is 0.0734 e. The minimum atomic E-state index is -0.607. The van der Waals surface area contributed by atoms with Gasteiger partial charge in [-0.3, -0.25) is 0 Å². The topological polar surface area (TPSA) is 3.24 Å². The number of hydrogen-bond acceptors (Lipinski definition) is 1. The molecule has 0 unspecified atom stereocenters. The Hall–Kier alpha value is -8.00. The van der Waals surface area contributed by atoms with Gasteiger partial charge < -0.3 is 4.90 Å². The van der Waals surface area contributed by atoms with Crippen molar-refractivity contribution in [2.24, 2.45) is 0 Å². The van der Waals surface area contributed by atoms with Crippen molar-refractivity contribution < 1.29 is 0 Å². The van der Waals surface area contributed by atoms with Crippen molar-refractivity contribution in [3.8, 4) is 33.4 Å². The summed E-state index contributed by atoms with van der Waals surface area (Å²) in [6.45, 7) is 0. The third-order valence-electron chi connectivity index (χ3n) is 13.6. The molecule has 0 saturated heterocycles. The fourth-order valence-electron chi connectivity index (χ4n) is 11.2. The van der Waals surface area contributed by atoms with Gasteiger partial charge in [0, 0.05) is 16.8 Å². The maximum atomic E-state index is 2.56. The molecule has 0 saturated carbocycles. The average molecular weight is 802 g/mol. The highest BCUT2D eigenvalue weighted by atomic mass is 15.1. The standard InChI is InChI=1S/C62H43N/c1-6-23-44(24-7-1)50-33-18-21-39-58(50)63(49-41-42-57-54(43-49)52-35-17-19-37-55(52)61(57,45-25-8-2-9-26-45)46-27-10-3-11-28-46)59-40-22-36-53-51-34-16-20-38-56(51)62(60(53)59,47-29-12-4-13-30-47)48-31-14-5-15-32-48/h1-43H. The van der Waals surface area contributed by atoms with Crippen LogP contribution in [0, 0.1) is 0 Å². The highest BCUT2D eigenvalue weighted by Crippen LogP contribution is 2.62. The number of nitrogens with zero attached hydrogens (tertiary/aromatic N) is 1. The zero-order chi connectivity index (χ0) is 41.8. The summed E-state index contributed by atoms with van der Waals surface area (Å²) in [5, 5.41) is 0. The summed E-state index contributed by atoms with van der Waals surface area (Å²) in [7, 11) is 0. The van der Waals surface area contributed by atoms with Gasteiger partial charge in [0.15, 0.2) is 0 Å². The number of rotatable bonds is 8. The predicted molar refractivity (Wildman–Crippen MR) is 261 cm³/mol. The van der Waals surface area contributed by atoms with Crippen LogP contribution in [0.4, 0.5) is 17.1 Å². The van der Waals surface area contributed by atoms with E-state index in [1.54, 1.807) is 0 Å². The number of para-hydroxylation sites is 1. The molecule has 12 rings (SSSR count). The second kappa shape index (κ2) is 14.9. The van der Waals surface area contributed by atoms with E-state index in [9.17, 15) is 0 Å². The van der Waals surface area contributed by atoms with Crippen LogP contribution < -0.4 is 4.90 Å². The molecule has 0 bridgehead atoms. The molecule has 0 fully saturated rings. The van der Waals surface area contributed by atoms with Gasteiger partial charge in [-0.05, 0) is 91.0 Å². The van der Waals surface area contributed by atoms with E-state index in [-0.39, 0.29) is 0 Å². The van der Waals surface area contributed by atoms with E-state index in [0.29, 0.717) is 0 Å². The van der Waals surface area contributed by atoms with Gasteiger partial charge in [0.1, 0.15) is 0 Å². The molecule has 2 aliphatic rings. The van der Waals surface area contributed by atoms with Crippen molar-refractivity contribution in [2.75, 3.05) is 4.90 Å². The normalized spacial score (nSPS) is 13.7. The van der Waals surface area contributed by atoms with Crippen LogP contribution in [-0.4, -0.2) is 0 Å². The summed E-state index contributed by atoms with van der Waals surface area (Å²) >= 11 is 0. The van der Waals surface area contributed by atoms with Gasteiger partial charge >= 0.3 is 0 Å². The second-order valence-corrected chi connectivity index (χ2v) is 16.7. The SMILES string of the molecule is c1ccc(-c2ccccc2N(c2ccc3c(c2)-c2ccccc2C3(c2ccccc2)c2ccccc2)c2cccc3c2C(c2ccccc2)(c2ccccc2)c2ccccc2-3)cc1. The number of fused-ring (bicyclic) bond motifs is 6. The Bertz CT molecular complexity index is 3190. The predicted octanol–water partition coefficient (Wildman–Crippen LogP) is 15.5. The lowest BCUT2D eigenvalue weighted by molar-refractivity contribution is 0.767. The van der Waals surface area contributed by atoms with Crippen LogP contribution in [0.5, 0.6) is 0 Å². The van der Waals surface area contributed by atoms with Crippen LogP contribution >= 0.6 is 0 Å². The van der Waals surface area contributed by atoms with E-state index in [1.165, 1.54) is 77.9 Å². The monoisotopic (exact) mass is 801 g/mol. The third-order valence-corrected chi connectivity index (χ3v) is 13.6. The molecular weight excluding hydrogens is 759 g/mol. The first-order chi connectivity index (χ1) is 31.3. The summed E-state index contributed by atoms with van der Waals surface area (Å²) in [6, 6.07) is 96.5. The number of anilines is 3. The highest BCUT2D eigenvalue weighted by Gasteiger charge is 2.49. The Morgan fingerprint density at radius 1 is 0.254 bits per heavy atom. The number of hydrogen-bond donors (Lipinski definition) is 0. The summed E-state index contributed by atoms with van der Waals surface area (Å²) in [4.78, 5) is 2.56. The van der Waals surface area contributed by atoms with E-state index in [2.05, 4.69) is 266 Å². The lowest BCUT2D eigenvalue weighted by atomic mass is 9.67. The van der Waals surface area contributed by atoms with Gasteiger partial charge in [0.25, 0.3) is 0 Å². The Morgan fingerprint density at radius 2 is 0.651 bits per heavy atom. The van der Waals surface area contributed by atoms with Crippen LogP contribution in [0.3, 0.4) is 0 Å². The van der Waals surface area contributed by atoms with Crippen molar-refractivity contribution in [3.05, 3.63) is 305 Å². The summed E-state index contributed by atoms with van der Waals surface area (Å²) < 4.78 is 0. The van der Waals surface area contributed by atoms with Crippen LogP contribution in [0.1, 0.15) is 44.5 Å². The molecular formula is C62H43N. The molecule has 0 heterocycles. The molecule has 10 aromatic carbocycles. The Morgan fingerprint density at radius 3 is 1.22 bits per heavy atom. The Kier molecular flexibility index (Phi) is 8.69. The maximum absolute atomic E-state index is 2.56. The van der Waals surface area contributed by atoms with Crippen LogP contribution in [0.25, 0.3) is 33.4 Å². The molecule has 1 heteroatoms. The molecule has 0 radical (unpaired) electrons. The van der Waals surface area contributed by atoms with E-state index >= 15 is 0 Å². The van der Waals surface area contributed by atoms with Crippen molar-refractivity contribution in [1.82, 2.24) is 0 Å². The minimum absolute atomic E-state index is 0.495. The van der Waals surface area contributed by atoms with Crippen molar-refractivity contribution in [1.29, 1.82) is 0 Å². The lowest BCUT2D eigenvalue weighted by Gasteiger charge is -2.38. The molecule has 2 aliphatic carbocycles. The number of benzene rings is 10. The largest absolute Gasteiger partial charge is 0.309 e. The van der Waals surface area contributed by atoms with Crippen LogP contribution in [0.15, 0.2) is 261 Å². The first-order valence-corrected chi connectivity index (χ1v) is 21.9. The first-order valence-electron chi connectivity index (χ1n) is 21.9. The molecule has 0 spiro atoms. The second-order valence-electron chi connectivity index (χ2n) is 16.7. The molecule has 63 heavy (non-hydrogen) atoms. The van der Waals surface area contributed by atoms with Gasteiger partial charge in [-0.2, -0.15) is 0 Å². The molecule has 10 aromatic rings. The smallest absolute Gasteiger partial charge is 0.0734 e.